The zero-order chi connectivity index (χ0) is 17.2. The summed E-state index contributed by atoms with van der Waals surface area (Å²) in [4.78, 5) is 0.764. The Morgan fingerprint density at radius 1 is 1.04 bits per heavy atom. The molecule has 0 aliphatic heterocycles. The van der Waals surface area contributed by atoms with Crippen LogP contribution in [0.5, 0.6) is 5.75 Å². The number of methoxy groups -OCH3 is 1. The lowest BCUT2D eigenvalue weighted by Gasteiger charge is -1.99. The molecule has 4 rings (SSSR count). The van der Waals surface area contributed by atoms with Gasteiger partial charge in [0.25, 0.3) is 0 Å². The summed E-state index contributed by atoms with van der Waals surface area (Å²) in [5.74, 6) is 1.57. The molecule has 4 aromatic rings. The molecule has 2 heterocycles. The predicted molar refractivity (Wildman–Crippen MR) is 104 cm³/mol. The molecule has 0 atom stereocenters. The first-order valence-corrected chi connectivity index (χ1v) is 9.15. The van der Waals surface area contributed by atoms with Crippen LogP contribution in [0.15, 0.2) is 53.0 Å². The second kappa shape index (κ2) is 6.78. The Bertz CT molecular complexity index is 1050. The minimum Gasteiger partial charge on any atom is -0.497 e. The smallest absolute Gasteiger partial charge is 0.235 e. The molecule has 124 valence electrons. The molecule has 0 bridgehead atoms. The van der Waals surface area contributed by atoms with Gasteiger partial charge in [0, 0.05) is 10.0 Å². The first-order chi connectivity index (χ1) is 12.2. The van der Waals surface area contributed by atoms with E-state index in [9.17, 15) is 0 Å². The topological polar surface area (TPSA) is 52.3 Å². The maximum Gasteiger partial charge on any atom is 0.235 e. The van der Waals surface area contributed by atoms with Crippen molar-refractivity contribution >= 4 is 44.4 Å². The van der Waals surface area contributed by atoms with Gasteiger partial charge in [-0.1, -0.05) is 57.6 Å². The highest BCUT2D eigenvalue weighted by Gasteiger charge is 2.14. The third-order valence-electron chi connectivity index (χ3n) is 3.66. The van der Waals surface area contributed by atoms with Crippen molar-refractivity contribution in [2.24, 2.45) is 0 Å². The minimum atomic E-state index is 0.725. The van der Waals surface area contributed by atoms with Crippen molar-refractivity contribution in [2.75, 3.05) is 7.11 Å². The van der Waals surface area contributed by atoms with Crippen LogP contribution in [0.3, 0.4) is 0 Å². The maximum atomic E-state index is 5.17. The molecule has 0 fully saturated rings. The highest BCUT2D eigenvalue weighted by atomic mass is 79.9. The van der Waals surface area contributed by atoms with E-state index in [1.54, 1.807) is 11.6 Å². The van der Waals surface area contributed by atoms with Crippen LogP contribution in [0.1, 0.15) is 10.6 Å². The van der Waals surface area contributed by atoms with Crippen molar-refractivity contribution in [3.63, 3.8) is 0 Å². The van der Waals surface area contributed by atoms with E-state index >= 15 is 0 Å². The Labute approximate surface area is 156 Å². The van der Waals surface area contributed by atoms with E-state index in [0.29, 0.717) is 0 Å². The zero-order valence-electron chi connectivity index (χ0n) is 13.3. The van der Waals surface area contributed by atoms with E-state index < -0.39 is 0 Å². The van der Waals surface area contributed by atoms with E-state index in [1.807, 2.05) is 60.7 Å². The standard InChI is InChI=1S/C18H13BrN4OS/c1-24-13-9-6-12(7-10-13)8-11-16-22-23-17(20-21-18(23)25-16)14-4-2-3-5-15(14)19/h2-11H,1H3/b11-8+. The number of hydrogen-bond donors (Lipinski definition) is 0. The third kappa shape index (κ3) is 3.20. The number of halogens is 1. The van der Waals surface area contributed by atoms with Gasteiger partial charge in [-0.25, -0.2) is 0 Å². The van der Waals surface area contributed by atoms with Gasteiger partial charge in [-0.2, -0.15) is 9.61 Å². The van der Waals surface area contributed by atoms with E-state index in [2.05, 4.69) is 31.2 Å². The minimum absolute atomic E-state index is 0.725. The molecule has 0 radical (unpaired) electrons. The fourth-order valence-electron chi connectivity index (χ4n) is 2.39. The fourth-order valence-corrected chi connectivity index (χ4v) is 3.60. The molecule has 7 heteroatoms. The van der Waals surface area contributed by atoms with Crippen LogP contribution < -0.4 is 4.74 Å². The van der Waals surface area contributed by atoms with Crippen LogP contribution in [0.25, 0.3) is 28.5 Å². The SMILES string of the molecule is COc1ccc(/C=C/c2nn3c(-c4ccccc4Br)nnc3s2)cc1. The molecule has 0 unspecified atom stereocenters. The van der Waals surface area contributed by atoms with Crippen LogP contribution >= 0.6 is 27.3 Å². The lowest BCUT2D eigenvalue weighted by molar-refractivity contribution is 0.415. The quantitative estimate of drug-likeness (QED) is 0.483. The van der Waals surface area contributed by atoms with Gasteiger partial charge in [-0.05, 0) is 35.9 Å². The van der Waals surface area contributed by atoms with Crippen molar-refractivity contribution in [1.82, 2.24) is 19.8 Å². The molecule has 2 aromatic heterocycles. The Balaban J connectivity index is 1.66. The van der Waals surface area contributed by atoms with Crippen LogP contribution in [-0.4, -0.2) is 26.9 Å². The number of benzene rings is 2. The maximum absolute atomic E-state index is 5.17. The first-order valence-electron chi connectivity index (χ1n) is 7.54. The molecule has 25 heavy (non-hydrogen) atoms. The molecule has 0 aliphatic carbocycles. The van der Waals surface area contributed by atoms with Gasteiger partial charge >= 0.3 is 0 Å². The van der Waals surface area contributed by atoms with Gasteiger partial charge in [0.2, 0.25) is 4.96 Å². The Hall–Kier alpha value is -2.51. The average molecular weight is 413 g/mol. The molecule has 5 nitrogen and oxygen atoms in total. The predicted octanol–water partition coefficient (Wildman–Crippen LogP) is 4.79. The monoisotopic (exact) mass is 412 g/mol. The summed E-state index contributed by atoms with van der Waals surface area (Å²) >= 11 is 5.05. The number of aromatic nitrogens is 4. The molecule has 0 aliphatic rings. The van der Waals surface area contributed by atoms with Crippen molar-refractivity contribution < 1.29 is 4.74 Å². The first kappa shape index (κ1) is 16.0. The highest BCUT2D eigenvalue weighted by molar-refractivity contribution is 9.10. The number of hydrogen-bond acceptors (Lipinski definition) is 5. The Morgan fingerprint density at radius 3 is 2.60 bits per heavy atom. The van der Waals surface area contributed by atoms with E-state index in [-0.39, 0.29) is 0 Å². The summed E-state index contributed by atoms with van der Waals surface area (Å²) in [5, 5.41) is 14.0. The van der Waals surface area contributed by atoms with Gasteiger partial charge in [0.05, 0.1) is 7.11 Å². The average Bonchev–Trinajstić information content (AvgIpc) is 3.21. The lowest BCUT2D eigenvalue weighted by atomic mass is 10.2. The van der Waals surface area contributed by atoms with Crippen LogP contribution in [0.2, 0.25) is 0 Å². The van der Waals surface area contributed by atoms with Crippen LogP contribution in [0.4, 0.5) is 0 Å². The molecule has 0 N–H and O–H groups in total. The van der Waals surface area contributed by atoms with E-state index in [1.165, 1.54) is 11.3 Å². The van der Waals surface area contributed by atoms with Gasteiger partial charge in [-0.15, -0.1) is 10.2 Å². The van der Waals surface area contributed by atoms with Crippen molar-refractivity contribution in [1.29, 1.82) is 0 Å². The largest absolute Gasteiger partial charge is 0.497 e. The summed E-state index contributed by atoms with van der Waals surface area (Å²) < 4.78 is 7.91. The number of nitrogens with zero attached hydrogens (tertiary/aromatic N) is 4. The number of fused-ring (bicyclic) bond motifs is 1. The molecule has 0 saturated carbocycles. The Kier molecular flexibility index (Phi) is 4.33. The van der Waals surface area contributed by atoms with Gasteiger partial charge < -0.3 is 4.74 Å². The van der Waals surface area contributed by atoms with Crippen molar-refractivity contribution in [3.05, 3.63) is 63.6 Å². The van der Waals surface area contributed by atoms with Crippen LogP contribution in [0, 0.1) is 0 Å². The Morgan fingerprint density at radius 2 is 1.84 bits per heavy atom. The molecular formula is C18H13BrN4OS. The summed E-state index contributed by atoms with van der Waals surface area (Å²) in [6.45, 7) is 0. The van der Waals surface area contributed by atoms with Crippen molar-refractivity contribution in [2.45, 2.75) is 0 Å². The summed E-state index contributed by atoms with van der Waals surface area (Å²) in [7, 11) is 1.66. The second-order valence-corrected chi connectivity index (χ2v) is 7.09. The molecule has 0 amide bonds. The van der Waals surface area contributed by atoms with Gasteiger partial charge in [0.15, 0.2) is 5.82 Å². The molecule has 0 spiro atoms. The van der Waals surface area contributed by atoms with E-state index in [0.717, 1.165) is 37.1 Å². The number of ether oxygens (including phenoxy) is 1. The van der Waals surface area contributed by atoms with Crippen LogP contribution in [-0.2, 0) is 0 Å². The van der Waals surface area contributed by atoms with Gasteiger partial charge in [-0.3, -0.25) is 0 Å². The molecule has 0 saturated heterocycles. The third-order valence-corrected chi connectivity index (χ3v) is 5.21. The number of rotatable bonds is 4. The highest BCUT2D eigenvalue weighted by Crippen LogP contribution is 2.28. The summed E-state index contributed by atoms with van der Waals surface area (Å²) in [6.07, 6.45) is 3.99. The second-order valence-electron chi connectivity index (χ2n) is 5.24. The normalized spacial score (nSPS) is 11.4. The van der Waals surface area contributed by atoms with Gasteiger partial charge in [0.1, 0.15) is 10.8 Å². The lowest BCUT2D eigenvalue weighted by Crippen LogP contribution is -1.91. The summed E-state index contributed by atoms with van der Waals surface area (Å²) in [6, 6.07) is 15.8. The molecular weight excluding hydrogens is 400 g/mol. The summed E-state index contributed by atoms with van der Waals surface area (Å²) in [5.41, 5.74) is 2.05. The molecule has 2 aromatic carbocycles. The van der Waals surface area contributed by atoms with E-state index in [4.69, 9.17) is 4.74 Å². The zero-order valence-corrected chi connectivity index (χ0v) is 15.7. The fraction of sp³-hybridized carbons (Fsp3) is 0.0556. The van der Waals surface area contributed by atoms with Crippen molar-refractivity contribution in [3.8, 4) is 17.1 Å².